The van der Waals surface area contributed by atoms with Gasteiger partial charge in [-0.15, -0.1) is 0 Å². The van der Waals surface area contributed by atoms with Gasteiger partial charge in [-0.05, 0) is 41.8 Å². The molecule has 1 aromatic carbocycles. The lowest BCUT2D eigenvalue weighted by Crippen LogP contribution is -2.14. The molecular weight excluding hydrogens is 276 g/mol. The van der Waals surface area contributed by atoms with Gasteiger partial charge >= 0.3 is 0 Å². The lowest BCUT2D eigenvalue weighted by atomic mass is 10.1. The van der Waals surface area contributed by atoms with Crippen LogP contribution in [0, 0.1) is 0 Å². The van der Waals surface area contributed by atoms with Crippen molar-refractivity contribution in [3.05, 3.63) is 53.7 Å². The first-order valence-electron chi connectivity index (χ1n) is 6.23. The van der Waals surface area contributed by atoms with Gasteiger partial charge < -0.3 is 5.11 Å². The number of nitrogens with one attached hydrogen (secondary N) is 1. The van der Waals surface area contributed by atoms with Gasteiger partial charge in [0.25, 0.3) is 10.0 Å². The molecule has 2 aromatic rings. The van der Waals surface area contributed by atoms with Gasteiger partial charge in [-0.1, -0.05) is 19.1 Å². The Balaban J connectivity index is 2.35. The summed E-state index contributed by atoms with van der Waals surface area (Å²) in [4.78, 5) is 4.04. The van der Waals surface area contributed by atoms with Crippen LogP contribution in [0.5, 0.6) is 0 Å². The summed E-state index contributed by atoms with van der Waals surface area (Å²) in [5, 5.41) is 9.30. The molecule has 20 heavy (non-hydrogen) atoms. The molecule has 0 saturated heterocycles. The van der Waals surface area contributed by atoms with Crippen LogP contribution in [0.2, 0.25) is 0 Å². The highest BCUT2D eigenvalue weighted by Crippen LogP contribution is 2.19. The third kappa shape index (κ3) is 3.15. The molecule has 0 atom stereocenters. The average Bonchev–Trinajstić information content (AvgIpc) is 2.47. The molecule has 0 fully saturated rings. The SMILES string of the molecule is CCc1ccc(S(=O)(=O)Nc2ccccn2)cc1CO. The Kier molecular flexibility index (Phi) is 4.36. The van der Waals surface area contributed by atoms with Crippen LogP contribution in [0.1, 0.15) is 18.1 Å². The van der Waals surface area contributed by atoms with Crippen LogP contribution in [0.3, 0.4) is 0 Å². The largest absolute Gasteiger partial charge is 0.392 e. The zero-order chi connectivity index (χ0) is 14.6. The fourth-order valence-corrected chi connectivity index (χ4v) is 2.94. The fraction of sp³-hybridized carbons (Fsp3) is 0.214. The summed E-state index contributed by atoms with van der Waals surface area (Å²) in [6.45, 7) is 1.77. The summed E-state index contributed by atoms with van der Waals surface area (Å²) in [5.41, 5.74) is 1.56. The molecule has 2 rings (SSSR count). The number of hydrogen-bond acceptors (Lipinski definition) is 4. The molecule has 0 bridgehead atoms. The normalized spacial score (nSPS) is 11.3. The molecule has 2 N–H and O–H groups in total. The van der Waals surface area contributed by atoms with Crippen molar-refractivity contribution in [1.29, 1.82) is 0 Å². The molecule has 0 spiro atoms. The summed E-state index contributed by atoms with van der Waals surface area (Å²) in [5.74, 6) is 0.262. The van der Waals surface area contributed by atoms with Crippen LogP contribution in [-0.4, -0.2) is 18.5 Å². The minimum atomic E-state index is -3.69. The molecule has 0 amide bonds. The highest BCUT2D eigenvalue weighted by atomic mass is 32.2. The minimum Gasteiger partial charge on any atom is -0.392 e. The highest BCUT2D eigenvalue weighted by Gasteiger charge is 2.16. The van der Waals surface area contributed by atoms with E-state index in [-0.39, 0.29) is 17.3 Å². The quantitative estimate of drug-likeness (QED) is 0.882. The van der Waals surface area contributed by atoms with E-state index in [0.29, 0.717) is 5.56 Å². The number of nitrogens with zero attached hydrogens (tertiary/aromatic N) is 1. The summed E-state index contributed by atoms with van der Waals surface area (Å²) < 4.78 is 26.9. The number of pyridine rings is 1. The number of anilines is 1. The maximum Gasteiger partial charge on any atom is 0.263 e. The molecular formula is C14H16N2O3S. The number of hydrogen-bond donors (Lipinski definition) is 2. The summed E-state index contributed by atoms with van der Waals surface area (Å²) in [6.07, 6.45) is 2.25. The predicted octanol–water partition coefficient (Wildman–Crippen LogP) is 1.94. The van der Waals surface area contributed by atoms with Gasteiger partial charge in [0.1, 0.15) is 5.82 Å². The van der Waals surface area contributed by atoms with Crippen molar-refractivity contribution in [3.63, 3.8) is 0 Å². The first-order valence-corrected chi connectivity index (χ1v) is 7.71. The van der Waals surface area contributed by atoms with Crippen molar-refractivity contribution in [2.75, 3.05) is 4.72 Å². The lowest BCUT2D eigenvalue weighted by molar-refractivity contribution is 0.280. The minimum absolute atomic E-state index is 0.115. The monoisotopic (exact) mass is 292 g/mol. The zero-order valence-corrected chi connectivity index (χ0v) is 11.9. The van der Waals surface area contributed by atoms with E-state index in [1.165, 1.54) is 18.3 Å². The molecule has 106 valence electrons. The van der Waals surface area contributed by atoms with Crippen LogP contribution in [-0.2, 0) is 23.1 Å². The standard InChI is InChI=1S/C14H16N2O3S/c1-2-11-6-7-13(9-12(11)10-17)20(18,19)16-14-5-3-4-8-15-14/h3-9,17H,2,10H2,1H3,(H,15,16). The van der Waals surface area contributed by atoms with E-state index in [4.69, 9.17) is 0 Å². The number of sulfonamides is 1. The fourth-order valence-electron chi connectivity index (χ4n) is 1.88. The second-order valence-electron chi connectivity index (χ2n) is 4.26. The van der Waals surface area contributed by atoms with Gasteiger partial charge in [0.05, 0.1) is 11.5 Å². The van der Waals surface area contributed by atoms with Crippen molar-refractivity contribution in [2.45, 2.75) is 24.8 Å². The van der Waals surface area contributed by atoms with Crippen molar-refractivity contribution in [3.8, 4) is 0 Å². The van der Waals surface area contributed by atoms with Gasteiger partial charge in [0.15, 0.2) is 0 Å². The van der Waals surface area contributed by atoms with E-state index in [9.17, 15) is 13.5 Å². The topological polar surface area (TPSA) is 79.3 Å². The number of aromatic nitrogens is 1. The molecule has 0 unspecified atom stereocenters. The van der Waals surface area contributed by atoms with E-state index in [1.54, 1.807) is 24.3 Å². The number of benzene rings is 1. The Morgan fingerprint density at radius 3 is 2.60 bits per heavy atom. The van der Waals surface area contributed by atoms with Gasteiger partial charge in [-0.25, -0.2) is 13.4 Å². The summed E-state index contributed by atoms with van der Waals surface area (Å²) >= 11 is 0. The Labute approximate surface area is 118 Å². The average molecular weight is 292 g/mol. The maximum absolute atomic E-state index is 12.2. The first-order chi connectivity index (χ1) is 9.56. The molecule has 0 aliphatic rings. The molecule has 0 radical (unpaired) electrons. The number of rotatable bonds is 5. The van der Waals surface area contributed by atoms with Crippen LogP contribution in [0.25, 0.3) is 0 Å². The zero-order valence-electron chi connectivity index (χ0n) is 11.1. The highest BCUT2D eigenvalue weighted by molar-refractivity contribution is 7.92. The van der Waals surface area contributed by atoms with Crippen LogP contribution in [0.15, 0.2) is 47.5 Å². The van der Waals surface area contributed by atoms with E-state index in [0.717, 1.165) is 12.0 Å². The Morgan fingerprint density at radius 2 is 2.00 bits per heavy atom. The number of aliphatic hydroxyl groups is 1. The first kappa shape index (κ1) is 14.5. The van der Waals surface area contributed by atoms with Gasteiger partial charge in [0, 0.05) is 6.20 Å². The maximum atomic E-state index is 12.2. The van der Waals surface area contributed by atoms with Crippen LogP contribution in [0.4, 0.5) is 5.82 Å². The second kappa shape index (κ2) is 6.02. The van der Waals surface area contributed by atoms with Crippen molar-refractivity contribution in [2.24, 2.45) is 0 Å². The Hall–Kier alpha value is -1.92. The van der Waals surface area contributed by atoms with E-state index >= 15 is 0 Å². The number of aliphatic hydroxyl groups excluding tert-OH is 1. The summed E-state index contributed by atoms with van der Waals surface area (Å²) in [7, 11) is -3.69. The molecule has 0 aliphatic carbocycles. The smallest absolute Gasteiger partial charge is 0.263 e. The molecule has 0 aliphatic heterocycles. The van der Waals surface area contributed by atoms with Crippen LogP contribution >= 0.6 is 0 Å². The summed E-state index contributed by atoms with van der Waals surface area (Å²) in [6, 6.07) is 9.72. The third-order valence-electron chi connectivity index (χ3n) is 2.94. The van der Waals surface area contributed by atoms with Gasteiger partial charge in [0.2, 0.25) is 0 Å². The predicted molar refractivity (Wildman–Crippen MR) is 76.8 cm³/mol. The Morgan fingerprint density at radius 1 is 1.20 bits per heavy atom. The van der Waals surface area contributed by atoms with E-state index < -0.39 is 10.0 Å². The lowest BCUT2D eigenvalue weighted by Gasteiger charge is -2.10. The molecule has 1 heterocycles. The van der Waals surface area contributed by atoms with Crippen molar-refractivity contribution in [1.82, 2.24) is 4.98 Å². The third-order valence-corrected chi connectivity index (χ3v) is 4.30. The molecule has 5 nitrogen and oxygen atoms in total. The van der Waals surface area contributed by atoms with Crippen molar-refractivity contribution >= 4 is 15.8 Å². The van der Waals surface area contributed by atoms with E-state index in [2.05, 4.69) is 9.71 Å². The van der Waals surface area contributed by atoms with Gasteiger partial charge in [-0.3, -0.25) is 4.72 Å². The van der Waals surface area contributed by atoms with E-state index in [1.807, 2.05) is 6.92 Å². The second-order valence-corrected chi connectivity index (χ2v) is 5.95. The van der Waals surface area contributed by atoms with Crippen molar-refractivity contribution < 1.29 is 13.5 Å². The Bertz CT molecular complexity index is 685. The van der Waals surface area contributed by atoms with Crippen LogP contribution < -0.4 is 4.72 Å². The molecule has 1 aromatic heterocycles. The van der Waals surface area contributed by atoms with Gasteiger partial charge in [-0.2, -0.15) is 0 Å². The molecule has 6 heteroatoms. The number of aryl methyl sites for hydroxylation is 1. The molecule has 0 saturated carbocycles.